The van der Waals surface area contributed by atoms with Gasteiger partial charge in [-0.15, -0.1) is 11.3 Å². The van der Waals surface area contributed by atoms with E-state index in [0.717, 1.165) is 17.0 Å². The van der Waals surface area contributed by atoms with Crippen LogP contribution in [0.5, 0.6) is 5.75 Å². The minimum atomic E-state index is -1.26. The number of halogens is 1. The molecule has 0 spiro atoms. The van der Waals surface area contributed by atoms with Crippen molar-refractivity contribution in [1.29, 1.82) is 0 Å². The minimum Gasteiger partial charge on any atom is -0.506 e. The molecule has 11 nitrogen and oxygen atoms in total. The van der Waals surface area contributed by atoms with Crippen molar-refractivity contribution in [1.82, 2.24) is 4.98 Å². The summed E-state index contributed by atoms with van der Waals surface area (Å²) in [4.78, 5) is 26.4. The second kappa shape index (κ2) is 22.2. The van der Waals surface area contributed by atoms with Crippen molar-refractivity contribution in [2.75, 3.05) is 0 Å². The molecule has 0 saturated carbocycles. The van der Waals surface area contributed by atoms with Gasteiger partial charge in [0.2, 0.25) is 0 Å². The van der Waals surface area contributed by atoms with Crippen LogP contribution in [0.4, 0.5) is 0 Å². The highest BCUT2D eigenvalue weighted by atomic mass is 35.5. The number of carboxylic acids is 2. The zero-order valence-electron chi connectivity index (χ0n) is 22.6. The molecule has 3 rings (SSSR count). The standard InChI is InChI=1S/C11H12ClNO4.C8H12N2O.C7H11NOS.H2O.2H2S/c12-7-3-1-6(2-4-7)8(5-9(14)15)10(13)11(16)17;1-6(9)4-7-2-3-8(11)5-10-7;1-5(8)7(9)6-3-2-4-10-6;;;/h1-4,8,10H,5,13H2,(H,14,15)(H,16,17);2-3,5-6,11H,4,9H2,1H3;2-5,7,9H,8H2,1H3;3*1H2. The Morgan fingerprint density at radius 1 is 1.00 bits per heavy atom. The van der Waals surface area contributed by atoms with Crippen molar-refractivity contribution in [3.05, 3.63) is 81.3 Å². The van der Waals surface area contributed by atoms with Gasteiger partial charge in [0.05, 0.1) is 12.6 Å². The van der Waals surface area contributed by atoms with Crippen molar-refractivity contribution < 1.29 is 35.5 Å². The van der Waals surface area contributed by atoms with E-state index in [1.165, 1.54) is 17.5 Å². The fourth-order valence-corrected chi connectivity index (χ4v) is 4.06. The largest absolute Gasteiger partial charge is 0.506 e. The maximum atomic E-state index is 10.8. The average molecular weight is 653 g/mol. The number of aliphatic hydroxyl groups is 1. The molecule has 0 fully saturated rings. The predicted molar refractivity (Wildman–Crippen MR) is 173 cm³/mol. The Morgan fingerprint density at radius 2 is 1.59 bits per heavy atom. The Hall–Kier alpha value is -2.40. The second-order valence-corrected chi connectivity index (χ2v) is 10.0. The van der Waals surface area contributed by atoms with Crippen molar-refractivity contribution in [3.63, 3.8) is 0 Å². The van der Waals surface area contributed by atoms with Crippen LogP contribution in [0, 0.1) is 0 Å². The molecule has 0 amide bonds. The molecule has 2 heterocycles. The molecule has 2 aromatic heterocycles. The Bertz CT molecular complexity index is 1110. The maximum absolute atomic E-state index is 10.8. The van der Waals surface area contributed by atoms with Gasteiger partial charge in [0.1, 0.15) is 17.9 Å². The van der Waals surface area contributed by atoms with Crippen LogP contribution in [-0.2, 0) is 16.0 Å². The molecule has 5 unspecified atom stereocenters. The molecule has 0 aliphatic carbocycles. The number of carboxylic acid groups (broad SMARTS) is 2. The topological polar surface area (TPSA) is 238 Å². The smallest absolute Gasteiger partial charge is 0.321 e. The van der Waals surface area contributed by atoms with Gasteiger partial charge in [0, 0.05) is 40.0 Å². The summed E-state index contributed by atoms with van der Waals surface area (Å²) in [5.74, 6) is -2.91. The van der Waals surface area contributed by atoms with Crippen molar-refractivity contribution in [2.24, 2.45) is 17.2 Å². The number of rotatable bonds is 9. The van der Waals surface area contributed by atoms with Gasteiger partial charge in [-0.1, -0.05) is 29.8 Å². The van der Waals surface area contributed by atoms with Crippen LogP contribution in [0.15, 0.2) is 60.1 Å². The molecule has 3 aromatic rings. The first-order chi connectivity index (χ1) is 17.8. The predicted octanol–water partition coefficient (Wildman–Crippen LogP) is 2.52. The molecule has 41 heavy (non-hydrogen) atoms. The second-order valence-electron chi connectivity index (χ2n) is 8.63. The minimum absolute atomic E-state index is 0. The molecule has 0 bridgehead atoms. The third-order valence-corrected chi connectivity index (χ3v) is 6.28. The van der Waals surface area contributed by atoms with Gasteiger partial charge in [0.25, 0.3) is 0 Å². The van der Waals surface area contributed by atoms with E-state index in [1.54, 1.807) is 43.3 Å². The first-order valence-corrected chi connectivity index (χ1v) is 12.9. The number of carbonyl (C=O) groups is 2. The van der Waals surface area contributed by atoms with Gasteiger partial charge in [-0.2, -0.15) is 27.0 Å². The van der Waals surface area contributed by atoms with Crippen LogP contribution in [0.2, 0.25) is 5.02 Å². The van der Waals surface area contributed by atoms with Gasteiger partial charge in [0.15, 0.2) is 0 Å². The molecule has 5 atom stereocenters. The highest BCUT2D eigenvalue weighted by molar-refractivity contribution is 7.59. The molecule has 0 saturated heterocycles. The molecule has 0 aliphatic heterocycles. The average Bonchev–Trinajstić information content (AvgIpc) is 3.39. The third kappa shape index (κ3) is 17.2. The summed E-state index contributed by atoms with van der Waals surface area (Å²) in [5, 5.41) is 38.3. The van der Waals surface area contributed by atoms with E-state index in [0.29, 0.717) is 10.6 Å². The van der Waals surface area contributed by atoms with Crippen molar-refractivity contribution in [3.8, 4) is 5.75 Å². The SMILES string of the molecule is CC(N)C(O)c1cccs1.CC(N)Cc1ccc(O)cn1.NC(C(=O)O)C(CC(=O)O)c1ccc(Cl)cc1.O.S.S. The van der Waals surface area contributed by atoms with Crippen LogP contribution in [0.3, 0.4) is 0 Å². The summed E-state index contributed by atoms with van der Waals surface area (Å²) >= 11 is 7.23. The number of hydrogen-bond acceptors (Lipinski definition) is 9. The Balaban J connectivity index is -0.000000531. The third-order valence-electron chi connectivity index (χ3n) is 5.08. The Kier molecular flexibility index (Phi) is 23.3. The van der Waals surface area contributed by atoms with E-state index in [9.17, 15) is 14.7 Å². The highest BCUT2D eigenvalue weighted by Gasteiger charge is 2.28. The van der Waals surface area contributed by atoms with E-state index in [1.807, 2.05) is 24.4 Å². The van der Waals surface area contributed by atoms with E-state index in [2.05, 4.69) is 4.98 Å². The van der Waals surface area contributed by atoms with Gasteiger partial charge in [-0.3, -0.25) is 14.6 Å². The lowest BCUT2D eigenvalue weighted by molar-refractivity contribution is -0.140. The highest BCUT2D eigenvalue weighted by Crippen LogP contribution is 2.24. The number of benzene rings is 1. The number of aliphatic hydroxyl groups excluding tert-OH is 1. The Labute approximate surface area is 262 Å². The quantitative estimate of drug-likeness (QED) is 0.178. The molecule has 12 N–H and O–H groups in total. The van der Waals surface area contributed by atoms with Crippen LogP contribution >= 0.6 is 49.9 Å². The summed E-state index contributed by atoms with van der Waals surface area (Å²) in [7, 11) is 0. The first-order valence-electron chi connectivity index (χ1n) is 11.6. The molecule has 232 valence electrons. The van der Waals surface area contributed by atoms with Gasteiger partial charge in [-0.25, -0.2) is 0 Å². The molecular formula is C26H41ClN4O7S3. The lowest BCUT2D eigenvalue weighted by Gasteiger charge is -2.19. The van der Waals surface area contributed by atoms with Crippen molar-refractivity contribution >= 4 is 61.9 Å². The fourth-order valence-electron chi connectivity index (χ4n) is 3.11. The first kappa shape index (κ1) is 43.1. The molecule has 0 aliphatic rings. The number of aliphatic carboxylic acids is 2. The number of aromatic nitrogens is 1. The van der Waals surface area contributed by atoms with Gasteiger partial charge < -0.3 is 43.1 Å². The lowest BCUT2D eigenvalue weighted by Crippen LogP contribution is -2.37. The van der Waals surface area contributed by atoms with Crippen LogP contribution in [0.1, 0.15) is 48.4 Å². The number of nitrogens with zero attached hydrogens (tertiary/aromatic N) is 1. The maximum Gasteiger partial charge on any atom is 0.321 e. The summed E-state index contributed by atoms with van der Waals surface area (Å²) in [6.07, 6.45) is 1.34. The number of aromatic hydroxyl groups is 1. The number of hydrogen-bond donors (Lipinski definition) is 7. The summed E-state index contributed by atoms with van der Waals surface area (Å²) < 4.78 is 0. The molecular weight excluding hydrogens is 612 g/mol. The van der Waals surface area contributed by atoms with E-state index in [4.69, 9.17) is 44.1 Å². The Morgan fingerprint density at radius 3 is 1.98 bits per heavy atom. The zero-order valence-corrected chi connectivity index (χ0v) is 26.2. The lowest BCUT2D eigenvalue weighted by atomic mass is 9.89. The van der Waals surface area contributed by atoms with Crippen LogP contribution in [0.25, 0.3) is 0 Å². The van der Waals surface area contributed by atoms with Gasteiger partial charge in [-0.05, 0) is 55.1 Å². The number of thiophene rings is 1. The number of pyridine rings is 1. The summed E-state index contributed by atoms with van der Waals surface area (Å²) in [6.45, 7) is 3.72. The molecule has 1 aromatic carbocycles. The zero-order chi connectivity index (χ0) is 28.8. The number of nitrogens with two attached hydrogens (primary N) is 3. The molecule has 0 radical (unpaired) electrons. The van der Waals surface area contributed by atoms with E-state index < -0.39 is 30.0 Å². The monoisotopic (exact) mass is 652 g/mol. The van der Waals surface area contributed by atoms with Crippen LogP contribution in [-0.4, -0.2) is 61.0 Å². The van der Waals surface area contributed by atoms with E-state index >= 15 is 0 Å². The molecule has 15 heteroatoms. The summed E-state index contributed by atoms with van der Waals surface area (Å²) in [6, 6.07) is 12.2. The fraction of sp³-hybridized carbons (Fsp3) is 0.346. The van der Waals surface area contributed by atoms with E-state index in [-0.39, 0.29) is 56.7 Å². The summed E-state index contributed by atoms with van der Waals surface area (Å²) in [5.41, 5.74) is 18.0. The normalized spacial score (nSPS) is 13.3. The van der Waals surface area contributed by atoms with Gasteiger partial charge >= 0.3 is 11.9 Å². The van der Waals surface area contributed by atoms with Crippen molar-refractivity contribution in [2.45, 2.75) is 56.8 Å². The van der Waals surface area contributed by atoms with Crippen LogP contribution < -0.4 is 17.2 Å².